The van der Waals surface area contributed by atoms with E-state index in [4.69, 9.17) is 32.8 Å². The second kappa shape index (κ2) is 45.0. The van der Waals surface area contributed by atoms with Gasteiger partial charge < -0.3 is 54.3 Å². The van der Waals surface area contributed by atoms with Gasteiger partial charge in [-0.2, -0.15) is 22.8 Å². The normalized spacial score (nSPS) is 15.5. The molecule has 3 atom stereocenters. The molecule has 6 heterocycles. The molecule has 5 N–H and O–H groups in total. The number of piperazine rings is 2. The standard InChI is InChI=1S/C51H56ClF3N6O4S3.C50H57ClN6O2S2.CO2/c1-35-32-46(20-21-47(35)56-41(34-66-45-10-5-4-6-11-45)22-25-59-26-23-44(62)24-27-59)68(64,65)57-40-16-18-42(19-17-40)60-28-30-61(31-29-60)43-9-7-8-38(33-43)48-49(37-12-14-39(52)15-13-37)58(3)36(2)50(48)67(63)51(53,54)55;1-37-33-47(23-24-49(37)52-43(25-28-55-26-8-5-9-27-55)36-60-46-13-6-4-7-14-46)61(58,59)53-42-19-21-44(22-20-42)56-29-31-57(32-30-56)45-12-10-11-40(35-45)48-34-38(2)54(3)50(48)39-15-17-41(51)18-16-39;2-1-3/h4-21,32-33,41,44,56-57,62H,22-31,34H2,1-3H3;4,6-7,10-24,33-35,43,52-53H,5,8-9,25-32,36H2,1-3H3;/t41-,67?;43-;/m11./s1. The fraction of sp³-hybridized carbons (Fsp3) is 0.324. The monoisotopic (exact) mass is 1920 g/mol. The van der Waals surface area contributed by atoms with Gasteiger partial charge in [0.25, 0.3) is 20.0 Å². The molecular weight excluding hydrogens is 1810 g/mol. The van der Waals surface area contributed by atoms with E-state index in [1.807, 2.05) is 123 Å². The fourth-order valence-corrected chi connectivity index (χ4v) is 23.1. The number of sulfonamides is 2. The molecule has 2 aromatic heterocycles. The van der Waals surface area contributed by atoms with Gasteiger partial charge in [-0.15, -0.1) is 23.5 Å². The maximum atomic E-state index is 14.1. The van der Waals surface area contributed by atoms with Gasteiger partial charge in [-0.05, 0) is 276 Å². The number of aliphatic hydroxyl groups is 1. The topological polar surface area (TPSA) is 217 Å². The number of rotatable bonds is 31. The summed E-state index contributed by atoms with van der Waals surface area (Å²) in [6, 6.07) is 80.2. The molecule has 0 saturated carbocycles. The third-order valence-corrected chi connectivity index (χ3v) is 31.9. The van der Waals surface area contributed by atoms with E-state index < -0.39 is 36.4 Å². The highest BCUT2D eigenvalue weighted by Gasteiger charge is 2.43. The average Bonchev–Trinajstić information content (AvgIpc) is 1.57. The summed E-state index contributed by atoms with van der Waals surface area (Å²) in [5.74, 6) is 1.77. The van der Waals surface area contributed by atoms with Gasteiger partial charge in [-0.1, -0.05) is 115 Å². The Morgan fingerprint density at radius 3 is 1.30 bits per heavy atom. The minimum atomic E-state index is -4.95. The molecule has 4 aliphatic heterocycles. The molecule has 30 heteroatoms. The highest BCUT2D eigenvalue weighted by Crippen LogP contribution is 2.46. The lowest BCUT2D eigenvalue weighted by Crippen LogP contribution is -2.46. The Hall–Kier alpha value is -10.5. The zero-order valence-corrected chi connectivity index (χ0v) is 80.6. The number of carbonyl (C=O) groups excluding carboxylic acids is 2. The molecule has 132 heavy (non-hydrogen) atoms. The molecule has 694 valence electrons. The largest absolute Gasteiger partial charge is 0.475 e. The van der Waals surface area contributed by atoms with Crippen molar-refractivity contribution in [3.05, 3.63) is 281 Å². The summed E-state index contributed by atoms with van der Waals surface area (Å²) in [5, 5.41) is 18.7. The smallest absolute Gasteiger partial charge is 0.393 e. The number of aliphatic hydroxyl groups excluding tert-OH is 1. The third-order valence-electron chi connectivity index (χ3n) is 25.0. The van der Waals surface area contributed by atoms with Crippen LogP contribution in [0, 0.1) is 27.7 Å². The van der Waals surface area contributed by atoms with Crippen LogP contribution in [0.15, 0.2) is 273 Å². The van der Waals surface area contributed by atoms with Crippen LogP contribution in [0.3, 0.4) is 0 Å². The molecular formula is C102H113Cl2F3N12O8S5. The Kier molecular flexibility index (Phi) is 33.3. The number of hydrogen-bond acceptors (Lipinski definition) is 18. The minimum Gasteiger partial charge on any atom is -0.393 e. The highest BCUT2D eigenvalue weighted by molar-refractivity contribution is 7.99. The zero-order chi connectivity index (χ0) is 93.2. The van der Waals surface area contributed by atoms with E-state index in [1.165, 1.54) is 70.3 Å². The first kappa shape index (κ1) is 97.6. The third kappa shape index (κ3) is 25.3. The van der Waals surface area contributed by atoms with Crippen molar-refractivity contribution in [2.45, 2.75) is 121 Å². The van der Waals surface area contributed by atoms with Gasteiger partial charge in [0.1, 0.15) is 0 Å². The molecule has 20 nitrogen and oxygen atoms in total. The summed E-state index contributed by atoms with van der Waals surface area (Å²) in [6.07, 6.45) is 7.44. The van der Waals surface area contributed by atoms with Crippen molar-refractivity contribution in [1.29, 1.82) is 0 Å². The SMILES string of the molecule is Cc1cc(S(=O)(=O)Nc2ccc(N3CCN(c4cccc(-c5c(S(=O)C(F)(F)F)c(C)n(C)c5-c5ccc(Cl)cc5)c4)CC3)cc2)ccc1N[C@H](CCN1CCC(O)CC1)CSc1ccccc1.Cc1cc(S(=O)(=O)Nc2ccc(N3CCN(c4cccc(-c5cc(C)n(C)c5-c5ccc(Cl)cc5)c4)CC3)cc2)ccc1N[C@H](CCN1CCCCC1)CSc1ccccc1.O=C=O. The van der Waals surface area contributed by atoms with Gasteiger partial charge in [-0.3, -0.25) is 9.44 Å². The molecule has 1 unspecified atom stereocenters. The summed E-state index contributed by atoms with van der Waals surface area (Å²) < 4.78 is 120. The van der Waals surface area contributed by atoms with Crippen molar-refractivity contribution in [2.24, 2.45) is 14.1 Å². The summed E-state index contributed by atoms with van der Waals surface area (Å²) >= 11 is 16.0. The van der Waals surface area contributed by atoms with Gasteiger partial charge in [0, 0.05) is 204 Å². The number of anilines is 8. The second-order valence-corrected chi connectivity index (χ2v) is 41.7. The molecule has 0 spiro atoms. The first-order chi connectivity index (χ1) is 63.5. The van der Waals surface area contributed by atoms with Crippen molar-refractivity contribution in [3.63, 3.8) is 0 Å². The van der Waals surface area contributed by atoms with Crippen LogP contribution < -0.4 is 39.7 Å². The molecule has 0 radical (unpaired) electrons. The van der Waals surface area contributed by atoms with E-state index in [2.05, 4.69) is 153 Å². The Morgan fingerprint density at radius 2 is 0.871 bits per heavy atom. The lowest BCUT2D eigenvalue weighted by Gasteiger charge is -2.37. The summed E-state index contributed by atoms with van der Waals surface area (Å²) in [6.45, 7) is 19.7. The van der Waals surface area contributed by atoms with Crippen LogP contribution in [0.1, 0.15) is 67.5 Å². The molecule has 4 aliphatic rings. The van der Waals surface area contributed by atoms with Gasteiger partial charge in [0.15, 0.2) is 10.8 Å². The second-order valence-electron chi connectivity index (χ2n) is 33.9. The van der Waals surface area contributed by atoms with Crippen molar-refractivity contribution < 1.29 is 48.9 Å². The summed E-state index contributed by atoms with van der Waals surface area (Å²) in [7, 11) is -7.17. The van der Waals surface area contributed by atoms with Gasteiger partial charge in [0.2, 0.25) is 0 Å². The van der Waals surface area contributed by atoms with E-state index in [1.54, 1.807) is 97.0 Å². The Balaban J connectivity index is 0.000000207. The van der Waals surface area contributed by atoms with E-state index in [9.17, 15) is 39.3 Å². The first-order valence-corrected chi connectivity index (χ1v) is 51.4. The number of halogens is 5. The highest BCUT2D eigenvalue weighted by atomic mass is 35.5. The maximum absolute atomic E-state index is 14.1. The van der Waals surface area contributed by atoms with Gasteiger partial charge in [-0.25, -0.2) is 21.0 Å². The minimum absolute atomic E-state index is 0.134. The molecule has 10 aromatic carbocycles. The lowest BCUT2D eigenvalue weighted by atomic mass is 10.00. The van der Waals surface area contributed by atoms with E-state index in [-0.39, 0.29) is 50.3 Å². The molecule has 12 aromatic rings. The van der Waals surface area contributed by atoms with Crippen LogP contribution in [0.5, 0.6) is 0 Å². The maximum Gasteiger partial charge on any atom is 0.475 e. The zero-order valence-electron chi connectivity index (χ0n) is 75.0. The quantitative estimate of drug-likeness (QED) is 0.0255. The number of likely N-dealkylation sites (tertiary alicyclic amines) is 2. The number of nitrogens with one attached hydrogen (secondary N) is 4. The number of piperidine rings is 2. The van der Waals surface area contributed by atoms with Crippen LogP contribution in [0.25, 0.3) is 44.8 Å². The van der Waals surface area contributed by atoms with Crippen LogP contribution in [-0.4, -0.2) is 178 Å². The predicted molar refractivity (Wildman–Crippen MR) is 536 cm³/mol. The van der Waals surface area contributed by atoms with Gasteiger partial charge in [0.05, 0.1) is 32.2 Å². The molecule has 4 fully saturated rings. The number of benzene rings is 10. The van der Waals surface area contributed by atoms with E-state index in [0.717, 1.165) is 140 Å². The Labute approximate surface area is 794 Å². The van der Waals surface area contributed by atoms with Crippen LogP contribution in [-0.2, 0) is 54.5 Å². The van der Waals surface area contributed by atoms with Crippen LogP contribution >= 0.6 is 46.7 Å². The Morgan fingerprint density at radius 1 is 0.462 bits per heavy atom. The number of thioether (sulfide) groups is 2. The van der Waals surface area contributed by atoms with Crippen molar-refractivity contribution >= 4 is 129 Å². The Bertz CT molecular complexity index is 6170. The summed E-state index contributed by atoms with van der Waals surface area (Å²) in [4.78, 5) is 33.0. The number of nitrogens with zero attached hydrogens (tertiary/aromatic N) is 8. The number of alkyl halides is 3. The fourth-order valence-electron chi connectivity index (χ4n) is 17.5. The van der Waals surface area contributed by atoms with Crippen molar-refractivity contribution in [1.82, 2.24) is 18.9 Å². The molecule has 0 bridgehead atoms. The lowest BCUT2D eigenvalue weighted by molar-refractivity contribution is -0.191. The van der Waals surface area contributed by atoms with Crippen LogP contribution in [0.4, 0.5) is 58.7 Å². The molecule has 4 saturated heterocycles. The summed E-state index contributed by atoms with van der Waals surface area (Å²) in [5.41, 5.74) is 11.8. The van der Waals surface area contributed by atoms with E-state index >= 15 is 0 Å². The number of aryl methyl sites for hydroxylation is 3. The molecule has 16 rings (SSSR count). The predicted octanol–water partition coefficient (Wildman–Crippen LogP) is 21.4. The van der Waals surface area contributed by atoms with Gasteiger partial charge >= 0.3 is 11.7 Å². The molecule has 0 amide bonds. The average molecular weight is 1920 g/mol. The number of aromatic nitrogens is 2. The van der Waals surface area contributed by atoms with Crippen molar-refractivity contribution in [2.75, 3.05) is 143 Å². The number of hydrogen-bond donors (Lipinski definition) is 5. The van der Waals surface area contributed by atoms with Crippen LogP contribution in [0.2, 0.25) is 10.0 Å². The van der Waals surface area contributed by atoms with Crippen molar-refractivity contribution in [3.8, 4) is 44.8 Å². The first-order valence-electron chi connectivity index (χ1n) is 44.6. The van der Waals surface area contributed by atoms with E-state index in [0.29, 0.717) is 59.4 Å². The molecule has 0 aliphatic carbocycles.